The summed E-state index contributed by atoms with van der Waals surface area (Å²) in [6.07, 6.45) is 0. The summed E-state index contributed by atoms with van der Waals surface area (Å²) in [7, 11) is 0. The number of hydrogen-bond acceptors (Lipinski definition) is 0. The van der Waals surface area contributed by atoms with E-state index in [1.165, 1.54) is 5.56 Å². The molecular formula is C9H13Na. The van der Waals surface area contributed by atoms with Crippen LogP contribution in [0.15, 0.2) is 30.3 Å². The van der Waals surface area contributed by atoms with Crippen molar-refractivity contribution in [1.82, 2.24) is 0 Å². The molecule has 10 heavy (non-hydrogen) atoms. The summed E-state index contributed by atoms with van der Waals surface area (Å²) < 4.78 is 0. The summed E-state index contributed by atoms with van der Waals surface area (Å²) in [6.45, 7) is 4.41. The predicted octanol–water partition coefficient (Wildman–Crippen LogP) is -0.0735. The maximum absolute atomic E-state index is 2.20. The molecular weight excluding hydrogens is 131 g/mol. The van der Waals surface area contributed by atoms with Gasteiger partial charge in [-0.25, -0.2) is 0 Å². The van der Waals surface area contributed by atoms with Gasteiger partial charge < -0.3 is 1.43 Å². The summed E-state index contributed by atoms with van der Waals surface area (Å²) >= 11 is 0. The first-order valence-electron chi connectivity index (χ1n) is 3.35. The van der Waals surface area contributed by atoms with Crippen LogP contribution in [0.3, 0.4) is 0 Å². The molecule has 1 aromatic rings. The summed E-state index contributed by atoms with van der Waals surface area (Å²) in [6, 6.07) is 10.5. The van der Waals surface area contributed by atoms with Crippen molar-refractivity contribution in [3.63, 3.8) is 0 Å². The molecule has 0 unspecified atom stereocenters. The molecule has 0 aliphatic heterocycles. The topological polar surface area (TPSA) is 0 Å². The van der Waals surface area contributed by atoms with Crippen LogP contribution in [0.2, 0.25) is 0 Å². The van der Waals surface area contributed by atoms with Crippen LogP contribution >= 0.6 is 0 Å². The second-order valence-corrected chi connectivity index (χ2v) is 2.57. The van der Waals surface area contributed by atoms with E-state index in [9.17, 15) is 0 Å². The fourth-order valence-corrected chi connectivity index (χ4v) is 0.838. The molecule has 0 aliphatic rings. The molecule has 0 radical (unpaired) electrons. The first-order valence-corrected chi connectivity index (χ1v) is 3.35. The minimum atomic E-state index is 0. The van der Waals surface area contributed by atoms with E-state index in [2.05, 4.69) is 38.1 Å². The zero-order valence-corrected chi connectivity index (χ0v) is 8.96. The van der Waals surface area contributed by atoms with Crippen LogP contribution in [-0.2, 0) is 0 Å². The van der Waals surface area contributed by atoms with Crippen molar-refractivity contribution >= 4 is 0 Å². The molecule has 0 saturated heterocycles. The molecule has 0 amide bonds. The average Bonchev–Trinajstić information content (AvgIpc) is 1.90. The van der Waals surface area contributed by atoms with E-state index in [4.69, 9.17) is 0 Å². The smallest absolute Gasteiger partial charge is 1.00 e. The van der Waals surface area contributed by atoms with Gasteiger partial charge in [-0.05, 0) is 11.5 Å². The van der Waals surface area contributed by atoms with Gasteiger partial charge in [0.25, 0.3) is 0 Å². The Morgan fingerprint density at radius 2 is 1.60 bits per heavy atom. The van der Waals surface area contributed by atoms with Crippen LogP contribution < -0.4 is 29.6 Å². The molecule has 1 heteroatoms. The minimum absolute atomic E-state index is 0. The molecule has 1 rings (SSSR count). The van der Waals surface area contributed by atoms with Crippen molar-refractivity contribution in [2.24, 2.45) is 0 Å². The van der Waals surface area contributed by atoms with E-state index in [1.54, 1.807) is 0 Å². The van der Waals surface area contributed by atoms with Crippen LogP contribution in [0.1, 0.15) is 26.8 Å². The molecule has 0 nitrogen and oxygen atoms in total. The Morgan fingerprint density at radius 1 is 1.10 bits per heavy atom. The molecule has 0 aliphatic carbocycles. The monoisotopic (exact) mass is 144 g/mol. The van der Waals surface area contributed by atoms with Crippen LogP contribution in [0.4, 0.5) is 0 Å². The Hall–Kier alpha value is 0.220. The standard InChI is InChI=1S/C9H12.Na.H/c1-8(2)9-6-4-3-5-7-9;;/h3-8H,1-2H3;;/q;+1;-1. The molecule has 0 bridgehead atoms. The van der Waals surface area contributed by atoms with Gasteiger partial charge in [-0.2, -0.15) is 0 Å². The van der Waals surface area contributed by atoms with E-state index in [1.807, 2.05) is 6.07 Å². The van der Waals surface area contributed by atoms with Crippen molar-refractivity contribution < 1.29 is 31.0 Å². The molecule has 0 aromatic heterocycles. The third-order valence-electron chi connectivity index (χ3n) is 1.47. The largest absolute Gasteiger partial charge is 1.00 e. The Balaban J connectivity index is 0. The van der Waals surface area contributed by atoms with Gasteiger partial charge in [0.2, 0.25) is 0 Å². The van der Waals surface area contributed by atoms with Crippen molar-refractivity contribution in [3.05, 3.63) is 35.9 Å². The molecule has 0 atom stereocenters. The molecule has 0 saturated carbocycles. The Kier molecular flexibility index (Phi) is 5.06. The van der Waals surface area contributed by atoms with Crippen LogP contribution in [-0.4, -0.2) is 0 Å². The molecule has 50 valence electrons. The van der Waals surface area contributed by atoms with Crippen LogP contribution in [0.25, 0.3) is 0 Å². The van der Waals surface area contributed by atoms with E-state index in [0.717, 1.165) is 0 Å². The number of hydrogen-bond donors (Lipinski definition) is 0. The summed E-state index contributed by atoms with van der Waals surface area (Å²) in [5.74, 6) is 0.659. The van der Waals surface area contributed by atoms with E-state index in [0.29, 0.717) is 5.92 Å². The Labute approximate surface area is 86.4 Å². The van der Waals surface area contributed by atoms with E-state index < -0.39 is 0 Å². The maximum atomic E-state index is 2.20. The molecule has 0 spiro atoms. The molecule has 1 aromatic carbocycles. The average molecular weight is 144 g/mol. The van der Waals surface area contributed by atoms with Crippen molar-refractivity contribution in [3.8, 4) is 0 Å². The van der Waals surface area contributed by atoms with Gasteiger partial charge in [-0.15, -0.1) is 0 Å². The van der Waals surface area contributed by atoms with Crippen molar-refractivity contribution in [2.45, 2.75) is 19.8 Å². The van der Waals surface area contributed by atoms with Crippen LogP contribution in [0, 0.1) is 0 Å². The normalized spacial score (nSPS) is 9.10. The Morgan fingerprint density at radius 3 is 1.90 bits per heavy atom. The van der Waals surface area contributed by atoms with Gasteiger partial charge in [0, 0.05) is 0 Å². The van der Waals surface area contributed by atoms with E-state index >= 15 is 0 Å². The fourth-order valence-electron chi connectivity index (χ4n) is 0.838. The first-order chi connectivity index (χ1) is 4.30. The Bertz CT molecular complexity index is 172. The first kappa shape index (κ1) is 10.2. The maximum Gasteiger partial charge on any atom is 1.00 e. The third-order valence-corrected chi connectivity index (χ3v) is 1.47. The molecule has 0 N–H and O–H groups in total. The zero-order chi connectivity index (χ0) is 6.69. The summed E-state index contributed by atoms with van der Waals surface area (Å²) in [5, 5.41) is 0. The predicted molar refractivity (Wildman–Crippen MR) is 41.6 cm³/mol. The van der Waals surface area contributed by atoms with Gasteiger partial charge in [-0.1, -0.05) is 44.2 Å². The summed E-state index contributed by atoms with van der Waals surface area (Å²) in [4.78, 5) is 0. The minimum Gasteiger partial charge on any atom is -1.00 e. The molecule has 0 fully saturated rings. The zero-order valence-electron chi connectivity index (χ0n) is 7.96. The second kappa shape index (κ2) is 4.95. The third kappa shape index (κ3) is 2.87. The van der Waals surface area contributed by atoms with Gasteiger partial charge in [0.15, 0.2) is 0 Å². The van der Waals surface area contributed by atoms with Gasteiger partial charge in [0.05, 0.1) is 0 Å². The fraction of sp³-hybridized carbons (Fsp3) is 0.333. The van der Waals surface area contributed by atoms with Gasteiger partial charge in [0.1, 0.15) is 0 Å². The van der Waals surface area contributed by atoms with Crippen molar-refractivity contribution in [1.29, 1.82) is 0 Å². The number of rotatable bonds is 1. The second-order valence-electron chi connectivity index (χ2n) is 2.57. The molecule has 0 heterocycles. The van der Waals surface area contributed by atoms with Gasteiger partial charge >= 0.3 is 29.6 Å². The van der Waals surface area contributed by atoms with E-state index in [-0.39, 0.29) is 31.0 Å². The van der Waals surface area contributed by atoms with Gasteiger partial charge in [-0.3, -0.25) is 0 Å². The SMILES string of the molecule is CC(C)c1ccccc1.[H-].[Na+]. The van der Waals surface area contributed by atoms with Crippen LogP contribution in [0.5, 0.6) is 0 Å². The summed E-state index contributed by atoms with van der Waals surface area (Å²) in [5.41, 5.74) is 1.41. The number of benzene rings is 1. The quantitative estimate of drug-likeness (QED) is 0.484. The van der Waals surface area contributed by atoms with Crippen molar-refractivity contribution in [2.75, 3.05) is 0 Å².